The number of nitrogens with zero attached hydrogens (tertiary/aromatic N) is 5. The molecule has 0 radical (unpaired) electrons. The highest BCUT2D eigenvalue weighted by molar-refractivity contribution is 8.18. The molecule has 0 bridgehead atoms. The van der Waals surface area contributed by atoms with E-state index in [4.69, 9.17) is 11.6 Å². The quantitative estimate of drug-likeness (QED) is 0.626. The number of hydrogen-bond donors (Lipinski definition) is 0. The fourth-order valence-corrected chi connectivity index (χ4v) is 5.89. The van der Waals surface area contributed by atoms with E-state index in [1.165, 1.54) is 28.2 Å². The Labute approximate surface area is 190 Å². The van der Waals surface area contributed by atoms with Crippen molar-refractivity contribution in [2.75, 3.05) is 26.2 Å². The number of piperazine rings is 1. The van der Waals surface area contributed by atoms with Crippen molar-refractivity contribution in [1.29, 1.82) is 0 Å². The Bertz CT molecular complexity index is 1160. The van der Waals surface area contributed by atoms with E-state index < -0.39 is 10.0 Å². The van der Waals surface area contributed by atoms with Gasteiger partial charge < -0.3 is 4.90 Å². The maximum atomic E-state index is 12.9. The van der Waals surface area contributed by atoms with Gasteiger partial charge in [-0.25, -0.2) is 8.42 Å². The fourth-order valence-electron chi connectivity index (χ4n) is 3.39. The predicted molar refractivity (Wildman–Crippen MR) is 122 cm³/mol. The summed E-state index contributed by atoms with van der Waals surface area (Å²) in [5, 5.41) is 5.50. The Morgan fingerprint density at radius 3 is 2.45 bits per heavy atom. The van der Waals surface area contributed by atoms with Gasteiger partial charge in [0.2, 0.25) is 10.0 Å². The molecule has 0 aliphatic carbocycles. The van der Waals surface area contributed by atoms with Crippen molar-refractivity contribution in [3.63, 3.8) is 0 Å². The predicted octanol–water partition coefficient (Wildman–Crippen LogP) is 2.84. The Morgan fingerprint density at radius 1 is 1.16 bits per heavy atom. The highest BCUT2D eigenvalue weighted by atomic mass is 35.5. The van der Waals surface area contributed by atoms with Gasteiger partial charge in [0.25, 0.3) is 5.91 Å². The van der Waals surface area contributed by atoms with Gasteiger partial charge >= 0.3 is 0 Å². The summed E-state index contributed by atoms with van der Waals surface area (Å²) in [6, 6.07) is 6.17. The molecule has 8 nitrogen and oxygen atoms in total. The van der Waals surface area contributed by atoms with Gasteiger partial charge in [-0.3, -0.25) is 9.48 Å². The van der Waals surface area contributed by atoms with E-state index >= 15 is 0 Å². The molecule has 164 valence electrons. The van der Waals surface area contributed by atoms with Crippen LogP contribution in [0, 0.1) is 6.92 Å². The van der Waals surface area contributed by atoms with Gasteiger partial charge in [0.15, 0.2) is 5.17 Å². The maximum absolute atomic E-state index is 12.9. The van der Waals surface area contributed by atoms with Crippen molar-refractivity contribution in [3.05, 3.63) is 51.6 Å². The summed E-state index contributed by atoms with van der Waals surface area (Å²) in [5.41, 5.74) is 1.75. The Hall–Kier alpha value is -2.14. The van der Waals surface area contributed by atoms with E-state index in [2.05, 4.69) is 10.1 Å². The topological polar surface area (TPSA) is 87.9 Å². The van der Waals surface area contributed by atoms with Crippen LogP contribution in [0.4, 0.5) is 0 Å². The molecule has 1 saturated heterocycles. The summed E-state index contributed by atoms with van der Waals surface area (Å²) in [6.45, 7) is 6.24. The molecule has 4 rings (SSSR count). The van der Waals surface area contributed by atoms with Crippen molar-refractivity contribution in [2.24, 2.45) is 4.99 Å². The third kappa shape index (κ3) is 4.57. The Morgan fingerprint density at radius 2 is 1.84 bits per heavy atom. The molecule has 2 aliphatic heterocycles. The van der Waals surface area contributed by atoms with Crippen LogP contribution >= 0.6 is 23.4 Å². The fraction of sp³-hybridized carbons (Fsp3) is 0.350. The minimum atomic E-state index is -3.58. The first-order chi connectivity index (χ1) is 14.8. The van der Waals surface area contributed by atoms with E-state index in [9.17, 15) is 13.2 Å². The number of thioether (sulfide) groups is 1. The lowest BCUT2D eigenvalue weighted by molar-refractivity contribution is -0.113. The largest absolute Gasteiger partial charge is 0.348 e. The number of aryl methyl sites for hydroxylation is 2. The molecule has 2 aromatic rings. The average Bonchev–Trinajstić information content (AvgIpc) is 3.31. The minimum absolute atomic E-state index is 0.223. The summed E-state index contributed by atoms with van der Waals surface area (Å²) in [4.78, 5) is 19.3. The Balaban J connectivity index is 1.42. The Kier molecular flexibility index (Phi) is 6.25. The van der Waals surface area contributed by atoms with Crippen LogP contribution in [-0.2, 0) is 21.4 Å². The molecule has 1 fully saturated rings. The molecule has 11 heteroatoms. The zero-order chi connectivity index (χ0) is 22.2. The van der Waals surface area contributed by atoms with Crippen LogP contribution in [0.3, 0.4) is 0 Å². The number of sulfonamides is 1. The lowest BCUT2D eigenvalue weighted by Crippen LogP contribution is -2.49. The van der Waals surface area contributed by atoms with Crippen LogP contribution in [0.2, 0.25) is 5.02 Å². The van der Waals surface area contributed by atoms with Crippen molar-refractivity contribution in [3.8, 4) is 0 Å². The van der Waals surface area contributed by atoms with Gasteiger partial charge in [-0.2, -0.15) is 14.4 Å². The molecule has 0 spiro atoms. The number of aliphatic imine (C=N–C) groups is 1. The smallest absolute Gasteiger partial charge is 0.286 e. The first kappa shape index (κ1) is 22.1. The van der Waals surface area contributed by atoms with Gasteiger partial charge in [-0.05, 0) is 56.0 Å². The molecule has 0 unspecified atom stereocenters. The molecule has 2 aliphatic rings. The maximum Gasteiger partial charge on any atom is 0.286 e. The highest BCUT2D eigenvalue weighted by Crippen LogP contribution is 2.31. The summed E-state index contributed by atoms with van der Waals surface area (Å²) in [6.07, 6.45) is 3.73. The minimum Gasteiger partial charge on any atom is -0.348 e. The first-order valence-electron chi connectivity index (χ1n) is 9.85. The lowest BCUT2D eigenvalue weighted by Gasteiger charge is -2.34. The van der Waals surface area contributed by atoms with Crippen LogP contribution in [0.15, 0.2) is 45.3 Å². The van der Waals surface area contributed by atoms with Crippen LogP contribution in [0.5, 0.6) is 0 Å². The van der Waals surface area contributed by atoms with Gasteiger partial charge in [0, 0.05) is 49.5 Å². The third-order valence-electron chi connectivity index (χ3n) is 5.16. The average molecular weight is 480 g/mol. The molecule has 3 heterocycles. The number of rotatable bonds is 4. The zero-order valence-electron chi connectivity index (χ0n) is 17.2. The second-order valence-corrected chi connectivity index (χ2v) is 10.6. The number of aromatic nitrogens is 2. The summed E-state index contributed by atoms with van der Waals surface area (Å²) in [5.74, 6) is -0.278. The summed E-state index contributed by atoms with van der Waals surface area (Å²) >= 11 is 7.18. The number of halogens is 1. The molecule has 0 atom stereocenters. The molecule has 1 aromatic carbocycles. The van der Waals surface area contributed by atoms with Crippen LogP contribution in [-0.4, -0.2) is 64.7 Å². The van der Waals surface area contributed by atoms with E-state index in [0.717, 1.165) is 17.8 Å². The SMILES string of the molecule is CCn1cc(/C=C2\SC(N3CCN(S(=O)(=O)c4ccc(Cl)cc4)CC3)=NC2=O)c(C)n1. The third-order valence-corrected chi connectivity index (χ3v) is 8.37. The van der Waals surface area contributed by atoms with E-state index in [-0.39, 0.29) is 10.8 Å². The summed E-state index contributed by atoms with van der Waals surface area (Å²) < 4.78 is 29.0. The van der Waals surface area contributed by atoms with Crippen LogP contribution in [0.1, 0.15) is 18.2 Å². The second-order valence-electron chi connectivity index (χ2n) is 7.18. The van der Waals surface area contributed by atoms with Crippen molar-refractivity contribution in [2.45, 2.75) is 25.3 Å². The number of amidine groups is 1. The molecular formula is C20H22ClN5O3S2. The molecule has 0 N–H and O–H groups in total. The van der Waals surface area contributed by atoms with Crippen molar-refractivity contribution >= 4 is 50.5 Å². The van der Waals surface area contributed by atoms with Crippen LogP contribution < -0.4 is 0 Å². The van der Waals surface area contributed by atoms with Gasteiger partial charge in [-0.15, -0.1) is 0 Å². The van der Waals surface area contributed by atoms with Gasteiger partial charge in [0.05, 0.1) is 15.5 Å². The van der Waals surface area contributed by atoms with Crippen LogP contribution in [0.25, 0.3) is 6.08 Å². The normalized spacial score (nSPS) is 19.3. The van der Waals surface area contributed by atoms with E-state index in [0.29, 0.717) is 41.3 Å². The molecule has 31 heavy (non-hydrogen) atoms. The second kappa shape index (κ2) is 8.78. The first-order valence-corrected chi connectivity index (χ1v) is 12.5. The number of amides is 1. The van der Waals surface area contributed by atoms with E-state index in [1.807, 2.05) is 35.7 Å². The summed E-state index contributed by atoms with van der Waals surface area (Å²) in [7, 11) is -3.58. The number of carbonyl (C=O) groups excluding carboxylic acids is 1. The van der Waals surface area contributed by atoms with Gasteiger partial charge in [-0.1, -0.05) is 11.6 Å². The van der Waals surface area contributed by atoms with Crippen molar-refractivity contribution < 1.29 is 13.2 Å². The number of carbonyl (C=O) groups is 1. The van der Waals surface area contributed by atoms with E-state index in [1.54, 1.807) is 12.1 Å². The zero-order valence-corrected chi connectivity index (χ0v) is 19.5. The molecule has 1 amide bonds. The lowest BCUT2D eigenvalue weighted by atomic mass is 10.2. The van der Waals surface area contributed by atoms with Gasteiger partial charge in [0.1, 0.15) is 0 Å². The van der Waals surface area contributed by atoms with Crippen molar-refractivity contribution in [1.82, 2.24) is 19.0 Å². The number of hydrogen-bond acceptors (Lipinski definition) is 6. The number of benzene rings is 1. The molecule has 1 aromatic heterocycles. The molecular weight excluding hydrogens is 458 g/mol. The highest BCUT2D eigenvalue weighted by Gasteiger charge is 2.32. The standard InChI is InChI=1S/C20H22ClN5O3S2/c1-3-25-13-15(14(2)23-25)12-18-19(27)22-20(30-18)24-8-10-26(11-9-24)31(28,29)17-6-4-16(21)5-7-17/h4-7,12-13H,3,8-11H2,1-2H3/b18-12-. The monoisotopic (exact) mass is 479 g/mol. The molecule has 0 saturated carbocycles.